The van der Waals surface area contributed by atoms with Crippen LogP contribution in [0.2, 0.25) is 0 Å². The van der Waals surface area contributed by atoms with Crippen LogP contribution in [0.5, 0.6) is 0 Å². The van der Waals surface area contributed by atoms with Gasteiger partial charge in [0.25, 0.3) is 0 Å². The summed E-state index contributed by atoms with van der Waals surface area (Å²) in [5.74, 6) is -0.349. The maximum atomic E-state index is 11.3. The van der Waals surface area contributed by atoms with Crippen LogP contribution in [-0.2, 0) is 19.0 Å². The quantitative estimate of drug-likeness (QED) is 0.520. The maximum Gasteiger partial charge on any atom is 0.407 e. The number of carbonyl (C=O) groups excluding carboxylic acids is 2. The lowest BCUT2D eigenvalue weighted by atomic mass is 10.2. The highest BCUT2D eigenvalue weighted by atomic mass is 16.6. The number of carbonyl (C=O) groups is 2. The Hall–Kier alpha value is -1.30. The van der Waals surface area contributed by atoms with Gasteiger partial charge in [-0.3, -0.25) is 0 Å². The molecule has 6 nitrogen and oxygen atoms in total. The molecule has 20 heavy (non-hydrogen) atoms. The molecule has 1 N–H and O–H groups in total. The molecule has 0 spiro atoms. The Morgan fingerprint density at radius 1 is 1.10 bits per heavy atom. The molecule has 0 saturated heterocycles. The number of hydrogen-bond donors (Lipinski definition) is 1. The third-order valence-corrected chi connectivity index (χ3v) is 2.11. The van der Waals surface area contributed by atoms with Crippen LogP contribution in [0.25, 0.3) is 0 Å². The van der Waals surface area contributed by atoms with Crippen molar-refractivity contribution in [1.82, 2.24) is 5.32 Å². The van der Waals surface area contributed by atoms with Crippen molar-refractivity contribution in [3.8, 4) is 0 Å². The third-order valence-electron chi connectivity index (χ3n) is 2.11. The summed E-state index contributed by atoms with van der Waals surface area (Å²) in [6.45, 7) is 8.68. The largest absolute Gasteiger partial charge is 0.464 e. The molecular weight excluding hydrogens is 262 g/mol. The number of rotatable bonds is 9. The van der Waals surface area contributed by atoms with Crippen LogP contribution in [-0.4, -0.2) is 44.0 Å². The molecule has 1 amide bonds. The van der Waals surface area contributed by atoms with Gasteiger partial charge in [0.2, 0.25) is 0 Å². The second kappa shape index (κ2) is 10.5. The normalized spacial score (nSPS) is 11.0. The lowest BCUT2D eigenvalue weighted by molar-refractivity contribution is -0.149. The summed E-state index contributed by atoms with van der Waals surface area (Å²) in [6, 6.07) is 0. The van der Waals surface area contributed by atoms with Crippen molar-refractivity contribution in [1.29, 1.82) is 0 Å². The fourth-order valence-corrected chi connectivity index (χ4v) is 1.21. The maximum absolute atomic E-state index is 11.3. The minimum atomic E-state index is -0.497. The molecule has 0 unspecified atom stereocenters. The second-order valence-corrected chi connectivity index (χ2v) is 5.41. The molecule has 0 aromatic carbocycles. The zero-order valence-electron chi connectivity index (χ0n) is 13.0. The van der Waals surface area contributed by atoms with Crippen molar-refractivity contribution >= 4 is 12.1 Å². The molecule has 118 valence electrons. The molecule has 0 aromatic heterocycles. The number of ether oxygens (including phenoxy) is 3. The Labute approximate surface area is 121 Å². The van der Waals surface area contributed by atoms with Gasteiger partial charge in [-0.1, -0.05) is 13.3 Å². The fourth-order valence-electron chi connectivity index (χ4n) is 1.21. The van der Waals surface area contributed by atoms with E-state index in [-0.39, 0.29) is 12.6 Å². The van der Waals surface area contributed by atoms with Gasteiger partial charge < -0.3 is 19.5 Å². The smallest absolute Gasteiger partial charge is 0.407 e. The van der Waals surface area contributed by atoms with Gasteiger partial charge >= 0.3 is 12.1 Å². The monoisotopic (exact) mass is 289 g/mol. The first-order valence-corrected chi connectivity index (χ1v) is 7.05. The molecule has 0 rings (SSSR count). The fraction of sp³-hybridized carbons (Fsp3) is 0.857. The number of esters is 1. The van der Waals surface area contributed by atoms with Crippen LogP contribution in [0, 0.1) is 0 Å². The number of amides is 1. The molecule has 0 heterocycles. The Bertz CT molecular complexity index is 286. The molecule has 0 aromatic rings. The summed E-state index contributed by atoms with van der Waals surface area (Å²) in [6.07, 6.45) is 2.02. The molecule has 0 atom stereocenters. The van der Waals surface area contributed by atoms with E-state index in [1.54, 1.807) is 20.8 Å². The van der Waals surface area contributed by atoms with Gasteiger partial charge in [0.1, 0.15) is 12.2 Å². The first-order valence-electron chi connectivity index (χ1n) is 7.05. The number of nitrogens with one attached hydrogen (secondary N) is 1. The van der Waals surface area contributed by atoms with E-state index in [4.69, 9.17) is 14.2 Å². The van der Waals surface area contributed by atoms with Crippen LogP contribution in [0.3, 0.4) is 0 Å². The molecule has 0 radical (unpaired) electrons. The van der Waals surface area contributed by atoms with E-state index in [1.807, 2.05) is 6.92 Å². The zero-order valence-corrected chi connectivity index (χ0v) is 13.0. The van der Waals surface area contributed by atoms with E-state index in [0.717, 1.165) is 12.8 Å². The van der Waals surface area contributed by atoms with Gasteiger partial charge in [-0.05, 0) is 33.6 Å². The average molecular weight is 289 g/mol. The van der Waals surface area contributed by atoms with Crippen LogP contribution < -0.4 is 5.32 Å². The lowest BCUT2D eigenvalue weighted by Crippen LogP contribution is -2.33. The summed E-state index contributed by atoms with van der Waals surface area (Å²) in [7, 11) is 0. The minimum absolute atomic E-state index is 0.0455. The Balaban J connectivity index is 3.40. The highest BCUT2D eigenvalue weighted by molar-refractivity contribution is 5.70. The molecule has 0 aliphatic rings. The first kappa shape index (κ1) is 18.7. The molecule has 0 saturated carbocycles. The summed E-state index contributed by atoms with van der Waals surface area (Å²) >= 11 is 0. The molecule has 0 bridgehead atoms. The van der Waals surface area contributed by atoms with Gasteiger partial charge in [-0.25, -0.2) is 9.59 Å². The predicted molar refractivity (Wildman–Crippen MR) is 75.5 cm³/mol. The second-order valence-electron chi connectivity index (χ2n) is 5.41. The summed E-state index contributed by atoms with van der Waals surface area (Å²) < 4.78 is 15.1. The van der Waals surface area contributed by atoms with Crippen molar-refractivity contribution < 1.29 is 23.8 Å². The highest BCUT2D eigenvalue weighted by Crippen LogP contribution is 2.06. The summed E-state index contributed by atoms with van der Waals surface area (Å²) in [4.78, 5) is 22.5. The minimum Gasteiger partial charge on any atom is -0.464 e. The van der Waals surface area contributed by atoms with Crippen molar-refractivity contribution in [2.24, 2.45) is 0 Å². The van der Waals surface area contributed by atoms with Crippen molar-refractivity contribution in [2.45, 2.75) is 52.6 Å². The Morgan fingerprint density at radius 3 is 2.40 bits per heavy atom. The molecule has 0 aliphatic heterocycles. The van der Waals surface area contributed by atoms with Gasteiger partial charge in [0.05, 0.1) is 6.61 Å². The highest BCUT2D eigenvalue weighted by Gasteiger charge is 2.15. The van der Waals surface area contributed by atoms with Crippen LogP contribution in [0.4, 0.5) is 4.79 Å². The Kier molecular flexibility index (Phi) is 9.80. The van der Waals surface area contributed by atoms with Gasteiger partial charge in [-0.2, -0.15) is 0 Å². The topological polar surface area (TPSA) is 73.9 Å². The SMILES string of the molecule is CCCCOC(=O)COCCCNC(=O)OC(C)(C)C. The van der Waals surface area contributed by atoms with Crippen LogP contribution in [0.1, 0.15) is 47.0 Å². The van der Waals surface area contributed by atoms with E-state index < -0.39 is 11.7 Å². The van der Waals surface area contributed by atoms with Crippen LogP contribution in [0.15, 0.2) is 0 Å². The summed E-state index contributed by atoms with van der Waals surface area (Å²) in [5.41, 5.74) is -0.497. The first-order chi connectivity index (χ1) is 9.35. The standard InChI is InChI=1S/C14H27NO5/c1-5-6-10-19-12(16)11-18-9-7-8-15-13(17)20-14(2,3)4/h5-11H2,1-4H3,(H,15,17). The average Bonchev–Trinajstić information content (AvgIpc) is 2.31. The Morgan fingerprint density at radius 2 is 1.80 bits per heavy atom. The molecule has 0 aliphatic carbocycles. The number of hydrogen-bond acceptors (Lipinski definition) is 5. The van der Waals surface area contributed by atoms with E-state index in [9.17, 15) is 9.59 Å². The summed E-state index contributed by atoms with van der Waals surface area (Å²) in [5, 5.41) is 2.61. The van der Waals surface area contributed by atoms with Crippen molar-refractivity contribution in [3.63, 3.8) is 0 Å². The third kappa shape index (κ3) is 13.1. The molecule has 6 heteroatoms. The van der Waals surface area contributed by atoms with Crippen LogP contribution >= 0.6 is 0 Å². The van der Waals surface area contributed by atoms with E-state index in [2.05, 4.69) is 5.32 Å². The zero-order chi connectivity index (χ0) is 15.4. The van der Waals surface area contributed by atoms with E-state index in [1.165, 1.54) is 0 Å². The number of alkyl carbamates (subject to hydrolysis) is 1. The van der Waals surface area contributed by atoms with Gasteiger partial charge in [0, 0.05) is 13.2 Å². The molecular formula is C14H27NO5. The van der Waals surface area contributed by atoms with Crippen molar-refractivity contribution in [3.05, 3.63) is 0 Å². The van der Waals surface area contributed by atoms with Gasteiger partial charge in [-0.15, -0.1) is 0 Å². The van der Waals surface area contributed by atoms with E-state index >= 15 is 0 Å². The molecule has 0 fully saturated rings. The predicted octanol–water partition coefficient (Wildman–Crippen LogP) is 2.26. The van der Waals surface area contributed by atoms with Gasteiger partial charge in [0.15, 0.2) is 0 Å². The van der Waals surface area contributed by atoms with Crippen molar-refractivity contribution in [2.75, 3.05) is 26.4 Å². The van der Waals surface area contributed by atoms with E-state index in [0.29, 0.717) is 26.2 Å². The lowest BCUT2D eigenvalue weighted by Gasteiger charge is -2.19. The number of unbranched alkanes of at least 4 members (excludes halogenated alkanes) is 1.